The summed E-state index contributed by atoms with van der Waals surface area (Å²) in [5, 5.41) is 7.48. The SMILES string of the molecule is Cc1ccc(C(C)(C)C)cc1-c1nonc1N. The molecule has 0 saturated heterocycles. The van der Waals surface area contributed by atoms with E-state index in [-0.39, 0.29) is 5.41 Å². The second kappa shape index (κ2) is 3.87. The molecule has 1 aromatic carbocycles. The maximum atomic E-state index is 5.73. The van der Waals surface area contributed by atoms with Crippen molar-refractivity contribution in [3.8, 4) is 11.3 Å². The molecule has 2 N–H and O–H groups in total. The minimum absolute atomic E-state index is 0.0916. The van der Waals surface area contributed by atoms with Gasteiger partial charge in [0.1, 0.15) is 0 Å². The van der Waals surface area contributed by atoms with Crippen LogP contribution in [-0.4, -0.2) is 10.3 Å². The van der Waals surface area contributed by atoms with Gasteiger partial charge in [0.2, 0.25) is 0 Å². The number of rotatable bonds is 1. The highest BCUT2D eigenvalue weighted by atomic mass is 16.6. The Labute approximate surface area is 101 Å². The average molecular weight is 231 g/mol. The van der Waals surface area contributed by atoms with Gasteiger partial charge in [-0.05, 0) is 39.8 Å². The highest BCUT2D eigenvalue weighted by Gasteiger charge is 2.18. The van der Waals surface area contributed by atoms with Crippen LogP contribution < -0.4 is 5.73 Å². The molecule has 0 aliphatic carbocycles. The average Bonchev–Trinajstić information content (AvgIpc) is 2.63. The molecule has 2 rings (SSSR count). The zero-order chi connectivity index (χ0) is 12.6. The Morgan fingerprint density at radius 2 is 1.88 bits per heavy atom. The fourth-order valence-electron chi connectivity index (χ4n) is 1.73. The van der Waals surface area contributed by atoms with Crippen molar-refractivity contribution in [3.63, 3.8) is 0 Å². The van der Waals surface area contributed by atoms with E-state index < -0.39 is 0 Å². The standard InChI is InChI=1S/C13H17N3O/c1-8-5-6-9(13(2,3)4)7-10(8)11-12(14)16-17-15-11/h5-7H,1-4H3,(H2,14,16). The molecule has 4 heteroatoms. The quantitative estimate of drug-likeness (QED) is 0.819. The van der Waals surface area contributed by atoms with Crippen molar-refractivity contribution >= 4 is 5.82 Å². The van der Waals surface area contributed by atoms with Crippen LogP contribution in [0, 0.1) is 6.92 Å². The molecule has 0 atom stereocenters. The Balaban J connectivity index is 2.58. The molecule has 1 heterocycles. The van der Waals surface area contributed by atoms with Gasteiger partial charge in [0, 0.05) is 5.56 Å². The van der Waals surface area contributed by atoms with Gasteiger partial charge in [0.15, 0.2) is 11.5 Å². The summed E-state index contributed by atoms with van der Waals surface area (Å²) >= 11 is 0. The van der Waals surface area contributed by atoms with Crippen molar-refractivity contribution in [2.45, 2.75) is 33.1 Å². The highest BCUT2D eigenvalue weighted by molar-refractivity contribution is 5.72. The fraction of sp³-hybridized carbons (Fsp3) is 0.385. The molecule has 1 aromatic heterocycles. The van der Waals surface area contributed by atoms with Crippen molar-refractivity contribution in [2.24, 2.45) is 0 Å². The van der Waals surface area contributed by atoms with Crippen LogP contribution in [0.3, 0.4) is 0 Å². The van der Waals surface area contributed by atoms with E-state index >= 15 is 0 Å². The molecule has 0 aliphatic heterocycles. The molecule has 0 saturated carbocycles. The second-order valence-corrected chi connectivity index (χ2v) is 5.28. The molecule has 0 bridgehead atoms. The summed E-state index contributed by atoms with van der Waals surface area (Å²) in [6.45, 7) is 8.54. The second-order valence-electron chi connectivity index (χ2n) is 5.28. The zero-order valence-electron chi connectivity index (χ0n) is 10.6. The topological polar surface area (TPSA) is 64.9 Å². The monoisotopic (exact) mass is 231 g/mol. The molecule has 0 spiro atoms. The lowest BCUT2D eigenvalue weighted by molar-refractivity contribution is 0.310. The Morgan fingerprint density at radius 1 is 1.18 bits per heavy atom. The molecule has 0 aliphatic rings. The lowest BCUT2D eigenvalue weighted by Crippen LogP contribution is -2.11. The number of anilines is 1. The first-order chi connectivity index (χ1) is 7.89. The Hall–Kier alpha value is -1.84. The van der Waals surface area contributed by atoms with Crippen molar-refractivity contribution in [1.82, 2.24) is 10.3 Å². The van der Waals surface area contributed by atoms with Gasteiger partial charge in [0.05, 0.1) is 0 Å². The molecular formula is C13H17N3O. The molecule has 0 amide bonds. The van der Waals surface area contributed by atoms with E-state index in [0.717, 1.165) is 11.1 Å². The van der Waals surface area contributed by atoms with Crippen molar-refractivity contribution in [3.05, 3.63) is 29.3 Å². The normalized spacial score (nSPS) is 11.8. The van der Waals surface area contributed by atoms with E-state index in [4.69, 9.17) is 5.73 Å². The molecule has 90 valence electrons. The summed E-state index contributed by atoms with van der Waals surface area (Å²) in [7, 11) is 0. The van der Waals surface area contributed by atoms with E-state index in [1.54, 1.807) is 0 Å². The summed E-state index contributed by atoms with van der Waals surface area (Å²) in [6.07, 6.45) is 0. The number of hydrogen-bond acceptors (Lipinski definition) is 4. The van der Waals surface area contributed by atoms with Crippen molar-refractivity contribution in [1.29, 1.82) is 0 Å². The number of nitrogens with two attached hydrogens (primary N) is 1. The van der Waals surface area contributed by atoms with E-state index in [9.17, 15) is 0 Å². The van der Waals surface area contributed by atoms with Gasteiger partial charge in [-0.2, -0.15) is 0 Å². The highest BCUT2D eigenvalue weighted by Crippen LogP contribution is 2.31. The minimum Gasteiger partial charge on any atom is -0.379 e. The van der Waals surface area contributed by atoms with Crippen LogP contribution in [0.1, 0.15) is 31.9 Å². The number of nitrogens with zero attached hydrogens (tertiary/aromatic N) is 2. The zero-order valence-corrected chi connectivity index (χ0v) is 10.6. The lowest BCUT2D eigenvalue weighted by atomic mass is 9.85. The number of nitrogen functional groups attached to an aromatic ring is 1. The Kier molecular flexibility index (Phi) is 2.65. The summed E-state index contributed by atoms with van der Waals surface area (Å²) in [5.74, 6) is 0.333. The first-order valence-electron chi connectivity index (χ1n) is 5.59. The van der Waals surface area contributed by atoms with E-state index in [1.807, 2.05) is 6.92 Å². The lowest BCUT2D eigenvalue weighted by Gasteiger charge is -2.20. The molecule has 0 unspecified atom stereocenters. The third-order valence-corrected chi connectivity index (χ3v) is 2.87. The molecule has 0 fully saturated rings. The maximum absolute atomic E-state index is 5.73. The van der Waals surface area contributed by atoms with Gasteiger partial charge in [-0.3, -0.25) is 0 Å². The number of aromatic nitrogens is 2. The fourth-order valence-corrected chi connectivity index (χ4v) is 1.73. The summed E-state index contributed by atoms with van der Waals surface area (Å²) in [5.41, 5.74) is 9.77. The van der Waals surface area contributed by atoms with Gasteiger partial charge in [-0.25, -0.2) is 4.63 Å². The molecule has 2 aromatic rings. The molecule has 4 nitrogen and oxygen atoms in total. The van der Waals surface area contributed by atoms with Gasteiger partial charge in [0.25, 0.3) is 0 Å². The van der Waals surface area contributed by atoms with E-state index in [2.05, 4.69) is 53.9 Å². The molecule has 17 heavy (non-hydrogen) atoms. The number of aryl methyl sites for hydroxylation is 1. The Morgan fingerprint density at radius 3 is 2.41 bits per heavy atom. The van der Waals surface area contributed by atoms with Crippen LogP contribution >= 0.6 is 0 Å². The first-order valence-corrected chi connectivity index (χ1v) is 5.59. The predicted octanol–water partition coefficient (Wildman–Crippen LogP) is 2.92. The smallest absolute Gasteiger partial charge is 0.196 e. The predicted molar refractivity (Wildman–Crippen MR) is 67.6 cm³/mol. The third kappa shape index (κ3) is 2.16. The van der Waals surface area contributed by atoms with Crippen molar-refractivity contribution < 1.29 is 4.63 Å². The third-order valence-electron chi connectivity index (χ3n) is 2.87. The van der Waals surface area contributed by atoms with Crippen LogP contribution in [0.5, 0.6) is 0 Å². The minimum atomic E-state index is 0.0916. The van der Waals surface area contributed by atoms with Crippen LogP contribution in [0.25, 0.3) is 11.3 Å². The number of benzene rings is 1. The summed E-state index contributed by atoms with van der Waals surface area (Å²) in [6, 6.07) is 6.30. The maximum Gasteiger partial charge on any atom is 0.196 e. The van der Waals surface area contributed by atoms with Crippen LogP contribution in [-0.2, 0) is 5.41 Å². The van der Waals surface area contributed by atoms with E-state index in [0.29, 0.717) is 11.5 Å². The van der Waals surface area contributed by atoms with E-state index in [1.165, 1.54) is 5.56 Å². The van der Waals surface area contributed by atoms with Gasteiger partial charge in [-0.1, -0.05) is 32.9 Å². The largest absolute Gasteiger partial charge is 0.379 e. The van der Waals surface area contributed by atoms with Crippen LogP contribution in [0.15, 0.2) is 22.8 Å². The van der Waals surface area contributed by atoms with Crippen LogP contribution in [0.2, 0.25) is 0 Å². The van der Waals surface area contributed by atoms with Gasteiger partial charge >= 0.3 is 0 Å². The Bertz CT molecular complexity index is 538. The van der Waals surface area contributed by atoms with Gasteiger partial charge < -0.3 is 5.73 Å². The van der Waals surface area contributed by atoms with Gasteiger partial charge in [-0.15, -0.1) is 0 Å². The first kappa shape index (κ1) is 11.6. The summed E-state index contributed by atoms with van der Waals surface area (Å²) in [4.78, 5) is 0. The van der Waals surface area contributed by atoms with Crippen molar-refractivity contribution in [2.75, 3.05) is 5.73 Å². The molecular weight excluding hydrogens is 214 g/mol. The number of hydrogen-bond donors (Lipinski definition) is 1. The summed E-state index contributed by atoms with van der Waals surface area (Å²) < 4.78 is 4.66. The van der Waals surface area contributed by atoms with Crippen LogP contribution in [0.4, 0.5) is 5.82 Å². The molecule has 0 radical (unpaired) electrons.